The fourth-order valence-electron chi connectivity index (χ4n) is 3.38. The van der Waals surface area contributed by atoms with Gasteiger partial charge < -0.3 is 20.4 Å². The highest BCUT2D eigenvalue weighted by molar-refractivity contribution is 6.31. The molecule has 0 fully saturated rings. The Labute approximate surface area is 171 Å². The number of anilines is 1. The number of hydrogen-bond donors (Lipinski definition) is 2. The van der Waals surface area contributed by atoms with Crippen molar-refractivity contribution in [2.24, 2.45) is 11.3 Å². The Morgan fingerprint density at radius 1 is 1.52 bits per heavy atom. The molecule has 0 radical (unpaired) electrons. The summed E-state index contributed by atoms with van der Waals surface area (Å²) in [4.78, 5) is 30.5. The van der Waals surface area contributed by atoms with Crippen LogP contribution in [0, 0.1) is 16.7 Å². The minimum Gasteiger partial charge on any atom is -0.490 e. The molecule has 0 bridgehead atoms. The molecule has 1 aromatic heterocycles. The lowest BCUT2D eigenvalue weighted by Crippen LogP contribution is -2.46. The van der Waals surface area contributed by atoms with E-state index in [1.54, 1.807) is 19.9 Å². The highest BCUT2D eigenvalue weighted by Crippen LogP contribution is 2.49. The largest absolute Gasteiger partial charge is 0.490 e. The second-order valence-corrected chi connectivity index (χ2v) is 7.86. The second-order valence-electron chi connectivity index (χ2n) is 7.40. The molecule has 3 rings (SSSR count). The van der Waals surface area contributed by atoms with Crippen LogP contribution in [0.2, 0.25) is 0 Å². The zero-order valence-corrected chi connectivity index (χ0v) is 16.7. The van der Waals surface area contributed by atoms with E-state index in [4.69, 9.17) is 21.7 Å². The Balaban J connectivity index is 1.80. The molecule has 2 amide bonds. The zero-order chi connectivity index (χ0) is 21.3. The van der Waals surface area contributed by atoms with Gasteiger partial charge in [-0.1, -0.05) is 25.4 Å². The molecule has 0 saturated carbocycles. The Morgan fingerprint density at radius 3 is 2.83 bits per heavy atom. The monoisotopic (exact) mass is 426 g/mol. The number of alkyl halides is 2. The van der Waals surface area contributed by atoms with Crippen LogP contribution in [0.15, 0.2) is 23.1 Å². The molecule has 0 spiro atoms. The number of ether oxygens (including phenoxy) is 1. The van der Waals surface area contributed by atoms with Gasteiger partial charge in [0.25, 0.3) is 12.3 Å². The Morgan fingerprint density at radius 2 is 2.24 bits per heavy atom. The van der Waals surface area contributed by atoms with E-state index in [-0.39, 0.29) is 48.0 Å². The van der Waals surface area contributed by atoms with Gasteiger partial charge in [0.2, 0.25) is 5.91 Å². The SMILES string of the molecule is CC(C)C(=O)Nc1nccc2c1CN(C[C@@]1(C=N)CC(Cl)=C1OCC(F)F)C2=O. The molecule has 2 heterocycles. The van der Waals surface area contributed by atoms with Gasteiger partial charge in [-0.05, 0) is 6.07 Å². The van der Waals surface area contributed by atoms with Crippen molar-refractivity contribution in [2.75, 3.05) is 18.5 Å². The summed E-state index contributed by atoms with van der Waals surface area (Å²) in [6.07, 6.45) is 0.0772. The number of aromatic nitrogens is 1. The number of fused-ring (bicyclic) bond motifs is 1. The molecule has 1 atom stereocenters. The number of allylic oxidation sites excluding steroid dienone is 1. The van der Waals surface area contributed by atoms with Crippen LogP contribution in [0.25, 0.3) is 0 Å². The van der Waals surface area contributed by atoms with Crippen LogP contribution in [0.3, 0.4) is 0 Å². The van der Waals surface area contributed by atoms with E-state index in [9.17, 15) is 18.4 Å². The van der Waals surface area contributed by atoms with Gasteiger partial charge >= 0.3 is 0 Å². The first-order valence-electron chi connectivity index (χ1n) is 9.08. The van der Waals surface area contributed by atoms with E-state index in [1.165, 1.54) is 11.1 Å². The van der Waals surface area contributed by atoms with Crippen molar-refractivity contribution in [1.82, 2.24) is 9.88 Å². The molecule has 10 heteroatoms. The van der Waals surface area contributed by atoms with E-state index >= 15 is 0 Å². The third kappa shape index (κ3) is 3.96. The molecule has 0 aromatic carbocycles. The van der Waals surface area contributed by atoms with Crippen LogP contribution in [0.5, 0.6) is 0 Å². The first kappa shape index (κ1) is 21.2. The normalized spacial score (nSPS) is 20.8. The molecule has 7 nitrogen and oxygen atoms in total. The van der Waals surface area contributed by atoms with Gasteiger partial charge in [0.1, 0.15) is 18.2 Å². The fraction of sp³-hybridized carbons (Fsp3) is 0.474. The van der Waals surface area contributed by atoms with Crippen molar-refractivity contribution in [3.8, 4) is 0 Å². The van der Waals surface area contributed by atoms with Crippen LogP contribution < -0.4 is 5.32 Å². The van der Waals surface area contributed by atoms with Crippen molar-refractivity contribution < 1.29 is 23.1 Å². The lowest BCUT2D eigenvalue weighted by atomic mass is 9.74. The molecule has 0 unspecified atom stereocenters. The number of hydrogen-bond acceptors (Lipinski definition) is 5. The molecular formula is C19H21ClF2N4O3. The molecule has 1 aromatic rings. The Bertz CT molecular complexity index is 890. The maximum Gasteiger partial charge on any atom is 0.272 e. The van der Waals surface area contributed by atoms with Crippen LogP contribution in [-0.4, -0.2) is 47.5 Å². The molecule has 29 heavy (non-hydrogen) atoms. The smallest absolute Gasteiger partial charge is 0.272 e. The van der Waals surface area contributed by atoms with Gasteiger partial charge in [0.05, 0.1) is 17.0 Å². The van der Waals surface area contributed by atoms with Gasteiger partial charge in [0, 0.05) is 42.4 Å². The van der Waals surface area contributed by atoms with Crippen LogP contribution >= 0.6 is 11.6 Å². The van der Waals surface area contributed by atoms with Gasteiger partial charge in [-0.25, -0.2) is 13.8 Å². The number of rotatable bonds is 8. The van der Waals surface area contributed by atoms with E-state index in [2.05, 4.69) is 10.3 Å². The maximum absolute atomic E-state index is 12.9. The Hall–Kier alpha value is -2.55. The van der Waals surface area contributed by atoms with Gasteiger partial charge in [-0.3, -0.25) is 9.59 Å². The summed E-state index contributed by atoms with van der Waals surface area (Å²) in [6, 6.07) is 1.57. The number of amides is 2. The lowest BCUT2D eigenvalue weighted by molar-refractivity contribution is -0.118. The van der Waals surface area contributed by atoms with Crippen LogP contribution in [0.1, 0.15) is 36.2 Å². The summed E-state index contributed by atoms with van der Waals surface area (Å²) in [7, 11) is 0. The minimum absolute atomic E-state index is 0.0520. The molecule has 0 saturated heterocycles. The number of nitrogens with one attached hydrogen (secondary N) is 2. The number of carbonyl (C=O) groups excluding carboxylic acids is 2. The minimum atomic E-state index is -2.67. The van der Waals surface area contributed by atoms with Crippen molar-refractivity contribution in [3.63, 3.8) is 0 Å². The standard InChI is InChI=1S/C19H21ClF2N4O3/c1-10(2)17(27)25-16-12-6-26(18(28)11(12)3-4-24-16)9-19(8-23)5-13(20)15(19)29-7-14(21)22/h3-4,8,10,14,23H,5-7,9H2,1-2H3,(H,24,25,27)/t19-/m0/s1. The number of nitrogens with zero attached hydrogens (tertiary/aromatic N) is 2. The third-order valence-corrected chi connectivity index (χ3v) is 5.27. The second kappa shape index (κ2) is 8.06. The predicted molar refractivity (Wildman–Crippen MR) is 103 cm³/mol. The first-order valence-corrected chi connectivity index (χ1v) is 9.46. The van der Waals surface area contributed by atoms with Crippen molar-refractivity contribution in [1.29, 1.82) is 5.41 Å². The van der Waals surface area contributed by atoms with E-state index in [1.807, 2.05) is 0 Å². The average molecular weight is 427 g/mol. The van der Waals surface area contributed by atoms with E-state index in [0.717, 1.165) is 6.21 Å². The summed E-state index contributed by atoms with van der Waals surface area (Å²) in [5.41, 5.74) is -0.0574. The predicted octanol–water partition coefficient (Wildman–Crippen LogP) is 3.40. The highest BCUT2D eigenvalue weighted by atomic mass is 35.5. The molecule has 2 N–H and O–H groups in total. The molecule has 156 valence electrons. The van der Waals surface area contributed by atoms with E-state index in [0.29, 0.717) is 16.9 Å². The molecule has 1 aliphatic heterocycles. The zero-order valence-electron chi connectivity index (χ0n) is 16.0. The summed E-state index contributed by atoms with van der Waals surface area (Å²) in [6.45, 7) is 2.89. The van der Waals surface area contributed by atoms with Gasteiger partial charge in [-0.15, -0.1) is 0 Å². The van der Waals surface area contributed by atoms with Crippen molar-refractivity contribution in [2.45, 2.75) is 33.2 Å². The van der Waals surface area contributed by atoms with Gasteiger partial charge in [-0.2, -0.15) is 0 Å². The summed E-state index contributed by atoms with van der Waals surface area (Å²) in [5, 5.41) is 10.8. The summed E-state index contributed by atoms with van der Waals surface area (Å²) < 4.78 is 30.2. The highest BCUT2D eigenvalue weighted by Gasteiger charge is 2.48. The van der Waals surface area contributed by atoms with Crippen molar-refractivity contribution >= 4 is 35.4 Å². The summed E-state index contributed by atoms with van der Waals surface area (Å²) in [5.74, 6) is -0.343. The van der Waals surface area contributed by atoms with Crippen LogP contribution in [0.4, 0.5) is 14.6 Å². The van der Waals surface area contributed by atoms with E-state index < -0.39 is 18.4 Å². The number of pyridine rings is 1. The quantitative estimate of drug-likeness (QED) is 0.623. The molecule has 2 aliphatic rings. The number of carbonyl (C=O) groups is 2. The summed E-state index contributed by atoms with van der Waals surface area (Å²) >= 11 is 6.03. The average Bonchev–Trinajstić information content (AvgIpc) is 2.97. The third-order valence-electron chi connectivity index (χ3n) is 4.96. The maximum atomic E-state index is 12.9. The molecule has 1 aliphatic carbocycles. The first-order chi connectivity index (χ1) is 13.7. The Kier molecular flexibility index (Phi) is 5.88. The topological polar surface area (TPSA) is 95.4 Å². The van der Waals surface area contributed by atoms with Gasteiger partial charge in [0.15, 0.2) is 0 Å². The van der Waals surface area contributed by atoms with Crippen LogP contribution in [-0.2, 0) is 16.1 Å². The molecular weight excluding hydrogens is 406 g/mol. The van der Waals surface area contributed by atoms with Crippen molar-refractivity contribution in [3.05, 3.63) is 34.2 Å². The lowest BCUT2D eigenvalue weighted by Gasteiger charge is -2.42. The fourth-order valence-corrected chi connectivity index (χ4v) is 3.86. The number of halogens is 3.